The summed E-state index contributed by atoms with van der Waals surface area (Å²) in [7, 11) is 3.18. The molecule has 0 saturated heterocycles. The predicted octanol–water partition coefficient (Wildman–Crippen LogP) is 1.86. The molecule has 0 amide bonds. The fourth-order valence-corrected chi connectivity index (χ4v) is 1.49. The van der Waals surface area contributed by atoms with E-state index >= 15 is 0 Å². The van der Waals surface area contributed by atoms with Gasteiger partial charge in [0.2, 0.25) is 0 Å². The van der Waals surface area contributed by atoms with E-state index < -0.39 is 0 Å². The van der Waals surface area contributed by atoms with Crippen LogP contribution < -0.4 is 15.2 Å². The van der Waals surface area contributed by atoms with Gasteiger partial charge in [0, 0.05) is 11.1 Å². The number of rotatable bonds is 4. The van der Waals surface area contributed by atoms with Crippen molar-refractivity contribution in [2.24, 2.45) is 5.73 Å². The van der Waals surface area contributed by atoms with E-state index in [9.17, 15) is 0 Å². The van der Waals surface area contributed by atoms with Crippen molar-refractivity contribution in [3.05, 3.63) is 22.7 Å². The molecule has 1 aromatic rings. The molecule has 0 radical (unpaired) electrons. The van der Waals surface area contributed by atoms with Crippen molar-refractivity contribution >= 4 is 11.6 Å². The van der Waals surface area contributed by atoms with Gasteiger partial charge in [-0.1, -0.05) is 11.6 Å². The number of hydrogen-bond donors (Lipinski definition) is 1. The molecule has 0 aliphatic carbocycles. The summed E-state index contributed by atoms with van der Waals surface area (Å²) in [5.74, 6) is 1.32. The van der Waals surface area contributed by atoms with E-state index in [4.69, 9.17) is 26.8 Å². The van der Waals surface area contributed by atoms with E-state index in [1.54, 1.807) is 20.3 Å². The number of halogens is 1. The van der Waals surface area contributed by atoms with Crippen LogP contribution in [0.5, 0.6) is 11.5 Å². The van der Waals surface area contributed by atoms with Gasteiger partial charge in [0.25, 0.3) is 0 Å². The van der Waals surface area contributed by atoms with Gasteiger partial charge in [-0.05, 0) is 24.6 Å². The van der Waals surface area contributed by atoms with Gasteiger partial charge >= 0.3 is 0 Å². The molecule has 2 N–H and O–H groups in total. The van der Waals surface area contributed by atoms with Crippen molar-refractivity contribution in [2.75, 3.05) is 20.8 Å². The lowest BCUT2D eigenvalue weighted by atomic mass is 10.1. The SMILES string of the molecule is COc1cc(Cl)c(CCN)cc1OC. The normalized spacial score (nSPS) is 10.0. The molecule has 0 aliphatic heterocycles. The maximum Gasteiger partial charge on any atom is 0.162 e. The smallest absolute Gasteiger partial charge is 0.162 e. The van der Waals surface area contributed by atoms with Crippen LogP contribution in [0.1, 0.15) is 5.56 Å². The molecular formula is C10H14ClNO2. The molecule has 0 atom stereocenters. The fraction of sp³-hybridized carbons (Fsp3) is 0.400. The maximum atomic E-state index is 6.02. The van der Waals surface area contributed by atoms with Crippen LogP contribution in [0.3, 0.4) is 0 Å². The van der Waals surface area contributed by atoms with Crippen molar-refractivity contribution < 1.29 is 9.47 Å². The van der Waals surface area contributed by atoms with Crippen LogP contribution >= 0.6 is 11.6 Å². The molecule has 78 valence electrons. The summed E-state index contributed by atoms with van der Waals surface area (Å²) >= 11 is 6.02. The van der Waals surface area contributed by atoms with E-state index in [2.05, 4.69) is 0 Å². The largest absolute Gasteiger partial charge is 0.493 e. The lowest BCUT2D eigenvalue weighted by molar-refractivity contribution is 0.354. The first-order chi connectivity index (χ1) is 6.72. The van der Waals surface area contributed by atoms with Gasteiger partial charge < -0.3 is 15.2 Å². The summed E-state index contributed by atoms with van der Waals surface area (Å²) in [4.78, 5) is 0. The first-order valence-corrected chi connectivity index (χ1v) is 4.71. The number of methoxy groups -OCH3 is 2. The minimum atomic E-state index is 0.565. The van der Waals surface area contributed by atoms with E-state index in [1.807, 2.05) is 6.07 Å². The Hall–Kier alpha value is -0.930. The second-order valence-electron chi connectivity index (χ2n) is 2.84. The van der Waals surface area contributed by atoms with Gasteiger partial charge in [0.15, 0.2) is 11.5 Å². The number of ether oxygens (including phenoxy) is 2. The van der Waals surface area contributed by atoms with Crippen molar-refractivity contribution in [1.29, 1.82) is 0 Å². The first kappa shape index (κ1) is 11.1. The lowest BCUT2D eigenvalue weighted by Gasteiger charge is -2.10. The molecule has 0 heterocycles. The van der Waals surface area contributed by atoms with Crippen LogP contribution in [-0.4, -0.2) is 20.8 Å². The Morgan fingerprint density at radius 3 is 2.29 bits per heavy atom. The van der Waals surface area contributed by atoms with Gasteiger partial charge in [-0.2, -0.15) is 0 Å². The summed E-state index contributed by atoms with van der Waals surface area (Å²) in [6, 6.07) is 3.60. The van der Waals surface area contributed by atoms with E-state index in [1.165, 1.54) is 0 Å². The molecule has 0 fully saturated rings. The Morgan fingerprint density at radius 2 is 1.79 bits per heavy atom. The van der Waals surface area contributed by atoms with Gasteiger partial charge in [-0.15, -0.1) is 0 Å². The number of nitrogens with two attached hydrogens (primary N) is 1. The molecular weight excluding hydrogens is 202 g/mol. The summed E-state index contributed by atoms with van der Waals surface area (Å²) in [6.45, 7) is 0.565. The van der Waals surface area contributed by atoms with E-state index in [0.717, 1.165) is 12.0 Å². The van der Waals surface area contributed by atoms with Crippen molar-refractivity contribution in [1.82, 2.24) is 0 Å². The third-order valence-electron chi connectivity index (χ3n) is 1.97. The molecule has 0 bridgehead atoms. The van der Waals surface area contributed by atoms with Gasteiger partial charge in [-0.25, -0.2) is 0 Å². The topological polar surface area (TPSA) is 44.5 Å². The summed E-state index contributed by atoms with van der Waals surface area (Å²) in [5.41, 5.74) is 6.44. The Labute approximate surface area is 88.8 Å². The summed E-state index contributed by atoms with van der Waals surface area (Å²) < 4.78 is 10.3. The highest BCUT2D eigenvalue weighted by Crippen LogP contribution is 2.32. The molecule has 0 aromatic heterocycles. The third kappa shape index (κ3) is 2.30. The molecule has 3 nitrogen and oxygen atoms in total. The standard InChI is InChI=1S/C10H14ClNO2/c1-13-9-5-7(3-4-12)8(11)6-10(9)14-2/h5-6H,3-4,12H2,1-2H3. The van der Waals surface area contributed by atoms with E-state index in [-0.39, 0.29) is 0 Å². The van der Waals surface area contributed by atoms with Crippen molar-refractivity contribution in [2.45, 2.75) is 6.42 Å². The molecule has 0 saturated carbocycles. The zero-order valence-electron chi connectivity index (χ0n) is 8.34. The highest BCUT2D eigenvalue weighted by molar-refractivity contribution is 6.31. The summed E-state index contributed by atoms with van der Waals surface area (Å²) in [5, 5.41) is 0.660. The number of benzene rings is 1. The third-order valence-corrected chi connectivity index (χ3v) is 2.32. The monoisotopic (exact) mass is 215 g/mol. The van der Waals surface area contributed by atoms with Gasteiger partial charge in [-0.3, -0.25) is 0 Å². The van der Waals surface area contributed by atoms with Crippen molar-refractivity contribution in [3.8, 4) is 11.5 Å². The minimum Gasteiger partial charge on any atom is -0.493 e. The number of hydrogen-bond acceptors (Lipinski definition) is 3. The van der Waals surface area contributed by atoms with Crippen LogP contribution in [0.4, 0.5) is 0 Å². The Bertz CT molecular complexity index is 315. The fourth-order valence-electron chi connectivity index (χ4n) is 1.24. The van der Waals surface area contributed by atoms with Crippen LogP contribution in [0.2, 0.25) is 5.02 Å². The lowest BCUT2D eigenvalue weighted by Crippen LogP contribution is -2.04. The molecule has 1 rings (SSSR count). The molecule has 0 spiro atoms. The quantitative estimate of drug-likeness (QED) is 0.834. The Morgan fingerprint density at radius 1 is 1.21 bits per heavy atom. The van der Waals surface area contributed by atoms with Crippen LogP contribution in [0.15, 0.2) is 12.1 Å². The van der Waals surface area contributed by atoms with Gasteiger partial charge in [0.1, 0.15) is 0 Å². The molecule has 0 unspecified atom stereocenters. The van der Waals surface area contributed by atoms with Crippen LogP contribution in [0, 0.1) is 0 Å². The molecule has 14 heavy (non-hydrogen) atoms. The summed E-state index contributed by atoms with van der Waals surface area (Å²) in [6.07, 6.45) is 0.735. The van der Waals surface area contributed by atoms with Crippen LogP contribution in [0.25, 0.3) is 0 Å². The first-order valence-electron chi connectivity index (χ1n) is 4.33. The van der Waals surface area contributed by atoms with Crippen LogP contribution in [-0.2, 0) is 6.42 Å². The molecule has 4 heteroatoms. The Balaban J connectivity index is 3.09. The highest BCUT2D eigenvalue weighted by Gasteiger charge is 2.08. The minimum absolute atomic E-state index is 0.565. The average Bonchev–Trinajstić information content (AvgIpc) is 2.20. The second-order valence-corrected chi connectivity index (χ2v) is 3.24. The molecule has 1 aromatic carbocycles. The predicted molar refractivity (Wildman–Crippen MR) is 57.3 cm³/mol. The second kappa shape index (κ2) is 5.08. The Kier molecular flexibility index (Phi) is 4.04. The molecule has 0 aliphatic rings. The zero-order valence-corrected chi connectivity index (χ0v) is 9.10. The highest BCUT2D eigenvalue weighted by atomic mass is 35.5. The van der Waals surface area contributed by atoms with E-state index in [0.29, 0.717) is 23.1 Å². The van der Waals surface area contributed by atoms with Crippen molar-refractivity contribution in [3.63, 3.8) is 0 Å². The zero-order chi connectivity index (χ0) is 10.6. The average molecular weight is 216 g/mol. The van der Waals surface area contributed by atoms with Gasteiger partial charge in [0.05, 0.1) is 14.2 Å². The maximum absolute atomic E-state index is 6.02.